The van der Waals surface area contributed by atoms with E-state index < -0.39 is 0 Å². The minimum Gasteiger partial charge on any atom is -0.398 e. The zero-order valence-electron chi connectivity index (χ0n) is 10.7. The molecule has 3 rings (SSSR count). The van der Waals surface area contributed by atoms with Crippen LogP contribution in [0.3, 0.4) is 0 Å². The van der Waals surface area contributed by atoms with Gasteiger partial charge in [-0.05, 0) is 24.3 Å². The molecule has 0 saturated carbocycles. The molecule has 0 bridgehead atoms. The van der Waals surface area contributed by atoms with Crippen LogP contribution in [0.25, 0.3) is 11.4 Å². The fourth-order valence-corrected chi connectivity index (χ4v) is 1.84. The number of nitrogens with zero attached hydrogens (tertiary/aromatic N) is 3. The van der Waals surface area contributed by atoms with Gasteiger partial charge in [0.15, 0.2) is 5.82 Å². The van der Waals surface area contributed by atoms with Crippen molar-refractivity contribution < 1.29 is 0 Å². The molecular formula is C15H13N5. The lowest BCUT2D eigenvalue weighted by Gasteiger charge is -2.07. The lowest BCUT2D eigenvalue weighted by Crippen LogP contribution is -2.01. The third-order valence-corrected chi connectivity index (χ3v) is 2.80. The second-order valence-corrected chi connectivity index (χ2v) is 4.21. The number of nitrogens with one attached hydrogen (secondary N) is 1. The van der Waals surface area contributed by atoms with E-state index in [0.29, 0.717) is 17.5 Å². The fraction of sp³-hybridized carbons (Fsp3) is 0. The molecule has 0 unspecified atom stereocenters. The highest BCUT2D eigenvalue weighted by atomic mass is 15.1. The first-order valence-electron chi connectivity index (χ1n) is 6.19. The van der Waals surface area contributed by atoms with E-state index in [1.807, 2.05) is 54.6 Å². The Morgan fingerprint density at radius 1 is 0.850 bits per heavy atom. The van der Waals surface area contributed by atoms with Crippen LogP contribution in [-0.4, -0.2) is 15.0 Å². The van der Waals surface area contributed by atoms with Crippen molar-refractivity contribution in [2.75, 3.05) is 11.1 Å². The van der Waals surface area contributed by atoms with Crippen molar-refractivity contribution >= 4 is 17.3 Å². The maximum absolute atomic E-state index is 5.93. The van der Waals surface area contributed by atoms with Crippen LogP contribution in [0.4, 0.5) is 17.3 Å². The van der Waals surface area contributed by atoms with Gasteiger partial charge in [0, 0.05) is 16.9 Å². The first-order valence-corrected chi connectivity index (χ1v) is 6.19. The first-order chi connectivity index (χ1) is 9.83. The molecule has 3 N–H and O–H groups in total. The van der Waals surface area contributed by atoms with Crippen LogP contribution in [0, 0.1) is 0 Å². The number of rotatable bonds is 3. The third-order valence-electron chi connectivity index (χ3n) is 2.80. The SMILES string of the molecule is Nc1ccccc1-c1ncnc(Nc2ccccc2)n1. The van der Waals surface area contributed by atoms with Gasteiger partial charge in [0.05, 0.1) is 0 Å². The van der Waals surface area contributed by atoms with Crippen molar-refractivity contribution in [3.8, 4) is 11.4 Å². The summed E-state index contributed by atoms with van der Waals surface area (Å²) in [6, 6.07) is 17.2. The second kappa shape index (κ2) is 5.36. The number of benzene rings is 2. The molecule has 20 heavy (non-hydrogen) atoms. The molecule has 0 saturated heterocycles. The summed E-state index contributed by atoms with van der Waals surface area (Å²) in [7, 11) is 0. The number of nitrogens with two attached hydrogens (primary N) is 1. The summed E-state index contributed by atoms with van der Waals surface area (Å²) in [5.74, 6) is 1.04. The Balaban J connectivity index is 1.92. The lowest BCUT2D eigenvalue weighted by atomic mass is 10.2. The molecule has 0 radical (unpaired) electrons. The summed E-state index contributed by atoms with van der Waals surface area (Å²) in [5.41, 5.74) is 8.30. The molecule has 1 aromatic heterocycles. The molecule has 0 aliphatic heterocycles. The van der Waals surface area contributed by atoms with E-state index in [-0.39, 0.29) is 0 Å². The molecule has 0 fully saturated rings. The Morgan fingerprint density at radius 2 is 1.60 bits per heavy atom. The van der Waals surface area contributed by atoms with E-state index in [4.69, 9.17) is 5.73 Å². The number of aromatic nitrogens is 3. The Labute approximate surface area is 116 Å². The van der Waals surface area contributed by atoms with Crippen LogP contribution in [0.2, 0.25) is 0 Å². The zero-order valence-corrected chi connectivity index (χ0v) is 10.7. The van der Waals surface area contributed by atoms with Crippen molar-refractivity contribution in [1.82, 2.24) is 15.0 Å². The number of anilines is 3. The highest BCUT2D eigenvalue weighted by Crippen LogP contribution is 2.22. The van der Waals surface area contributed by atoms with E-state index in [9.17, 15) is 0 Å². The Bertz CT molecular complexity index is 712. The normalized spacial score (nSPS) is 10.2. The van der Waals surface area contributed by atoms with E-state index >= 15 is 0 Å². The number of nitrogen functional groups attached to an aromatic ring is 1. The van der Waals surface area contributed by atoms with Gasteiger partial charge in [-0.1, -0.05) is 30.3 Å². The van der Waals surface area contributed by atoms with Crippen molar-refractivity contribution in [3.05, 3.63) is 60.9 Å². The average molecular weight is 263 g/mol. The molecule has 0 aliphatic rings. The van der Waals surface area contributed by atoms with Gasteiger partial charge >= 0.3 is 0 Å². The van der Waals surface area contributed by atoms with Gasteiger partial charge in [0.1, 0.15) is 6.33 Å². The molecule has 0 amide bonds. The van der Waals surface area contributed by atoms with Crippen LogP contribution in [0.15, 0.2) is 60.9 Å². The van der Waals surface area contributed by atoms with Gasteiger partial charge in [-0.3, -0.25) is 0 Å². The van der Waals surface area contributed by atoms with E-state index in [1.165, 1.54) is 6.33 Å². The Kier molecular flexibility index (Phi) is 3.24. The van der Waals surface area contributed by atoms with Crippen LogP contribution < -0.4 is 11.1 Å². The minimum atomic E-state index is 0.490. The molecule has 1 heterocycles. The van der Waals surface area contributed by atoms with Gasteiger partial charge in [-0.25, -0.2) is 9.97 Å². The van der Waals surface area contributed by atoms with Crippen LogP contribution >= 0.6 is 0 Å². The summed E-state index contributed by atoms with van der Waals surface area (Å²) < 4.78 is 0. The summed E-state index contributed by atoms with van der Waals surface area (Å²) >= 11 is 0. The third kappa shape index (κ3) is 2.56. The predicted molar refractivity (Wildman–Crippen MR) is 79.4 cm³/mol. The number of para-hydroxylation sites is 2. The van der Waals surface area contributed by atoms with E-state index in [2.05, 4.69) is 20.3 Å². The topological polar surface area (TPSA) is 76.7 Å². The maximum atomic E-state index is 5.93. The standard InChI is InChI=1S/C15H13N5/c16-13-9-5-4-8-12(13)14-17-10-18-15(20-14)19-11-6-2-1-3-7-11/h1-10H,16H2,(H,17,18,19,20). The summed E-state index contributed by atoms with van der Waals surface area (Å²) in [5, 5.41) is 3.13. The van der Waals surface area contributed by atoms with E-state index in [1.54, 1.807) is 0 Å². The van der Waals surface area contributed by atoms with Gasteiger partial charge in [-0.2, -0.15) is 4.98 Å². The minimum absolute atomic E-state index is 0.490. The van der Waals surface area contributed by atoms with Crippen molar-refractivity contribution in [3.63, 3.8) is 0 Å². The van der Waals surface area contributed by atoms with Crippen molar-refractivity contribution in [2.24, 2.45) is 0 Å². The smallest absolute Gasteiger partial charge is 0.230 e. The molecule has 5 heteroatoms. The highest BCUT2D eigenvalue weighted by molar-refractivity contribution is 5.71. The van der Waals surface area contributed by atoms with Crippen LogP contribution in [0.5, 0.6) is 0 Å². The quantitative estimate of drug-likeness (QED) is 0.710. The summed E-state index contributed by atoms with van der Waals surface area (Å²) in [4.78, 5) is 12.7. The second-order valence-electron chi connectivity index (χ2n) is 4.21. The Hall–Kier alpha value is -2.95. The monoisotopic (exact) mass is 263 g/mol. The van der Waals surface area contributed by atoms with Crippen molar-refractivity contribution in [2.45, 2.75) is 0 Å². The van der Waals surface area contributed by atoms with Crippen LogP contribution in [0.1, 0.15) is 0 Å². The number of hydrogen-bond acceptors (Lipinski definition) is 5. The average Bonchev–Trinajstić information content (AvgIpc) is 2.49. The Morgan fingerprint density at radius 3 is 2.40 bits per heavy atom. The molecule has 0 aliphatic carbocycles. The molecule has 2 aromatic carbocycles. The molecule has 0 atom stereocenters. The maximum Gasteiger partial charge on any atom is 0.230 e. The van der Waals surface area contributed by atoms with Crippen molar-refractivity contribution in [1.29, 1.82) is 0 Å². The van der Waals surface area contributed by atoms with Crippen LogP contribution in [-0.2, 0) is 0 Å². The van der Waals surface area contributed by atoms with E-state index in [0.717, 1.165) is 11.3 Å². The lowest BCUT2D eigenvalue weighted by molar-refractivity contribution is 1.06. The molecule has 3 aromatic rings. The summed E-state index contributed by atoms with van der Waals surface area (Å²) in [6.07, 6.45) is 1.47. The fourth-order valence-electron chi connectivity index (χ4n) is 1.84. The molecule has 5 nitrogen and oxygen atoms in total. The summed E-state index contributed by atoms with van der Waals surface area (Å²) in [6.45, 7) is 0. The highest BCUT2D eigenvalue weighted by Gasteiger charge is 2.06. The predicted octanol–water partition coefficient (Wildman–Crippen LogP) is 2.86. The largest absolute Gasteiger partial charge is 0.398 e. The van der Waals surface area contributed by atoms with Gasteiger partial charge in [0.2, 0.25) is 5.95 Å². The molecule has 0 spiro atoms. The van der Waals surface area contributed by atoms with Gasteiger partial charge < -0.3 is 11.1 Å². The molecular weight excluding hydrogens is 250 g/mol. The first kappa shape index (κ1) is 12.1. The molecule has 98 valence electrons. The zero-order chi connectivity index (χ0) is 13.8. The van der Waals surface area contributed by atoms with Gasteiger partial charge in [-0.15, -0.1) is 0 Å². The van der Waals surface area contributed by atoms with Gasteiger partial charge in [0.25, 0.3) is 0 Å². The number of hydrogen-bond donors (Lipinski definition) is 2.